The van der Waals surface area contributed by atoms with Crippen molar-refractivity contribution < 1.29 is 8.78 Å². The van der Waals surface area contributed by atoms with Gasteiger partial charge in [-0.15, -0.1) is 0 Å². The van der Waals surface area contributed by atoms with Crippen LogP contribution in [0.2, 0.25) is 0 Å². The molecule has 1 aromatic rings. The van der Waals surface area contributed by atoms with Crippen LogP contribution in [0.3, 0.4) is 0 Å². The summed E-state index contributed by atoms with van der Waals surface area (Å²) in [6.07, 6.45) is 3.94. The summed E-state index contributed by atoms with van der Waals surface area (Å²) in [6, 6.07) is 3.65. The Bertz CT molecular complexity index is 284. The number of hydrogen-bond acceptors (Lipinski definition) is 1. The number of rotatable bonds is 1. The van der Waals surface area contributed by atoms with Crippen LogP contribution in [-0.4, -0.2) is 10.9 Å². The highest BCUT2D eigenvalue weighted by Gasteiger charge is 2.39. The fourth-order valence-electron chi connectivity index (χ4n) is 1.87. The second kappa shape index (κ2) is 3.05. The number of aromatic nitrogens is 1. The van der Waals surface area contributed by atoms with E-state index in [0.717, 1.165) is 5.56 Å². The van der Waals surface area contributed by atoms with E-state index in [9.17, 15) is 8.78 Å². The van der Waals surface area contributed by atoms with E-state index in [0.29, 0.717) is 6.42 Å². The third kappa shape index (κ3) is 1.85. The van der Waals surface area contributed by atoms with Gasteiger partial charge in [0.1, 0.15) is 0 Å². The molecule has 0 amide bonds. The van der Waals surface area contributed by atoms with Gasteiger partial charge in [-0.3, -0.25) is 4.98 Å². The molecule has 1 heterocycles. The molecule has 0 aromatic carbocycles. The lowest BCUT2D eigenvalue weighted by molar-refractivity contribution is 0.00777. The third-order valence-corrected chi connectivity index (χ3v) is 2.58. The van der Waals surface area contributed by atoms with Gasteiger partial charge in [-0.25, -0.2) is 8.78 Å². The molecule has 70 valence electrons. The first-order valence-corrected chi connectivity index (χ1v) is 4.45. The quantitative estimate of drug-likeness (QED) is 0.652. The van der Waals surface area contributed by atoms with Crippen molar-refractivity contribution >= 4 is 0 Å². The first kappa shape index (κ1) is 8.60. The van der Waals surface area contributed by atoms with Gasteiger partial charge in [-0.05, 0) is 30.0 Å². The van der Waals surface area contributed by atoms with Crippen LogP contribution in [0.15, 0.2) is 24.5 Å². The Labute approximate surface area is 75.8 Å². The first-order chi connectivity index (χ1) is 6.17. The zero-order valence-corrected chi connectivity index (χ0v) is 7.21. The minimum atomic E-state index is -2.45. The van der Waals surface area contributed by atoms with E-state index in [-0.39, 0.29) is 18.8 Å². The second-order valence-electron chi connectivity index (χ2n) is 3.58. The minimum Gasteiger partial charge on any atom is -0.265 e. The summed E-state index contributed by atoms with van der Waals surface area (Å²) in [4.78, 5) is 3.87. The molecule has 2 rings (SSSR count). The summed E-state index contributed by atoms with van der Waals surface area (Å²) in [7, 11) is 0. The van der Waals surface area contributed by atoms with E-state index in [1.54, 1.807) is 12.4 Å². The Hall–Kier alpha value is -0.990. The smallest absolute Gasteiger partial charge is 0.248 e. The summed E-state index contributed by atoms with van der Waals surface area (Å²) in [6.45, 7) is 0. The Morgan fingerprint density at radius 3 is 2.54 bits per heavy atom. The van der Waals surface area contributed by atoms with Gasteiger partial charge < -0.3 is 0 Å². The molecule has 0 aliphatic heterocycles. The van der Waals surface area contributed by atoms with Crippen LogP contribution in [0.4, 0.5) is 8.78 Å². The summed E-state index contributed by atoms with van der Waals surface area (Å²) in [5, 5.41) is 0. The highest BCUT2D eigenvalue weighted by atomic mass is 19.3. The van der Waals surface area contributed by atoms with E-state index < -0.39 is 5.92 Å². The molecule has 3 heteroatoms. The van der Waals surface area contributed by atoms with E-state index in [1.807, 2.05) is 12.1 Å². The van der Waals surface area contributed by atoms with Gasteiger partial charge in [0.05, 0.1) is 0 Å². The number of halogens is 2. The maximum Gasteiger partial charge on any atom is 0.248 e. The molecule has 0 saturated heterocycles. The topological polar surface area (TPSA) is 12.9 Å². The third-order valence-electron chi connectivity index (χ3n) is 2.58. The normalized spacial score (nSPS) is 26.2. The van der Waals surface area contributed by atoms with E-state index in [1.165, 1.54) is 0 Å². The maximum atomic E-state index is 12.9. The lowest BCUT2D eigenvalue weighted by Gasteiger charge is -2.09. The van der Waals surface area contributed by atoms with Crippen LogP contribution < -0.4 is 0 Å². The van der Waals surface area contributed by atoms with Crippen molar-refractivity contribution in [3.8, 4) is 0 Å². The maximum absolute atomic E-state index is 12.9. The Morgan fingerprint density at radius 2 is 2.00 bits per heavy atom. The Morgan fingerprint density at radius 1 is 1.31 bits per heavy atom. The molecule has 1 aromatic heterocycles. The summed E-state index contributed by atoms with van der Waals surface area (Å²) < 4.78 is 25.7. The fourth-order valence-corrected chi connectivity index (χ4v) is 1.87. The monoisotopic (exact) mass is 183 g/mol. The molecule has 1 unspecified atom stereocenters. The highest BCUT2D eigenvalue weighted by Crippen LogP contribution is 2.43. The number of hydrogen-bond donors (Lipinski definition) is 0. The van der Waals surface area contributed by atoms with Crippen molar-refractivity contribution in [2.75, 3.05) is 0 Å². The molecule has 1 saturated carbocycles. The van der Waals surface area contributed by atoms with Gasteiger partial charge in [0.15, 0.2) is 0 Å². The van der Waals surface area contributed by atoms with Crippen LogP contribution in [0.5, 0.6) is 0 Å². The number of nitrogens with zero attached hydrogens (tertiary/aromatic N) is 1. The molecule has 0 radical (unpaired) electrons. The fraction of sp³-hybridized carbons (Fsp3) is 0.500. The zero-order chi connectivity index (χ0) is 9.31. The van der Waals surface area contributed by atoms with Crippen LogP contribution in [0.25, 0.3) is 0 Å². The lowest BCUT2D eigenvalue weighted by atomic mass is 9.99. The van der Waals surface area contributed by atoms with Crippen LogP contribution >= 0.6 is 0 Å². The van der Waals surface area contributed by atoms with Gasteiger partial charge in [0, 0.05) is 25.2 Å². The molecule has 1 nitrogen and oxygen atoms in total. The van der Waals surface area contributed by atoms with Gasteiger partial charge in [0.2, 0.25) is 5.92 Å². The van der Waals surface area contributed by atoms with Crippen LogP contribution in [0, 0.1) is 0 Å². The average Bonchev–Trinajstić information content (AvgIpc) is 2.48. The van der Waals surface area contributed by atoms with Gasteiger partial charge in [-0.2, -0.15) is 0 Å². The number of alkyl halides is 2. The predicted molar refractivity (Wildman–Crippen MR) is 45.8 cm³/mol. The number of pyridine rings is 1. The molecule has 1 aliphatic carbocycles. The van der Waals surface area contributed by atoms with Crippen molar-refractivity contribution in [2.45, 2.75) is 31.1 Å². The Kier molecular flexibility index (Phi) is 2.02. The van der Waals surface area contributed by atoms with Crippen molar-refractivity contribution in [3.05, 3.63) is 30.1 Å². The molecule has 1 aliphatic rings. The van der Waals surface area contributed by atoms with Gasteiger partial charge >= 0.3 is 0 Å². The molecular weight excluding hydrogens is 172 g/mol. The summed E-state index contributed by atoms with van der Waals surface area (Å²) in [5.74, 6) is -2.42. The first-order valence-electron chi connectivity index (χ1n) is 4.45. The summed E-state index contributed by atoms with van der Waals surface area (Å²) >= 11 is 0. The average molecular weight is 183 g/mol. The molecule has 0 bridgehead atoms. The standard InChI is InChI=1S/C10H11F2N/c11-10(12)4-1-9(7-10)8-2-5-13-6-3-8/h2-3,5-6,9H,1,4,7H2. The Balaban J connectivity index is 2.13. The minimum absolute atomic E-state index is 0.00296. The van der Waals surface area contributed by atoms with Crippen molar-refractivity contribution in [1.82, 2.24) is 4.98 Å². The van der Waals surface area contributed by atoms with Crippen LogP contribution in [0.1, 0.15) is 30.7 Å². The van der Waals surface area contributed by atoms with Crippen molar-refractivity contribution in [1.29, 1.82) is 0 Å². The van der Waals surface area contributed by atoms with Crippen molar-refractivity contribution in [2.24, 2.45) is 0 Å². The van der Waals surface area contributed by atoms with Crippen molar-refractivity contribution in [3.63, 3.8) is 0 Å². The lowest BCUT2D eigenvalue weighted by Crippen LogP contribution is -2.09. The van der Waals surface area contributed by atoms with Gasteiger partial charge in [-0.1, -0.05) is 0 Å². The molecular formula is C10H11F2N. The highest BCUT2D eigenvalue weighted by molar-refractivity contribution is 5.17. The molecule has 0 N–H and O–H groups in total. The van der Waals surface area contributed by atoms with Gasteiger partial charge in [0.25, 0.3) is 0 Å². The van der Waals surface area contributed by atoms with Crippen LogP contribution in [-0.2, 0) is 0 Å². The summed E-state index contributed by atoms with van der Waals surface area (Å²) in [5.41, 5.74) is 0.993. The second-order valence-corrected chi connectivity index (χ2v) is 3.58. The predicted octanol–water partition coefficient (Wildman–Crippen LogP) is 2.98. The van der Waals surface area contributed by atoms with E-state index in [2.05, 4.69) is 4.98 Å². The molecule has 13 heavy (non-hydrogen) atoms. The van der Waals surface area contributed by atoms with E-state index >= 15 is 0 Å². The molecule has 0 spiro atoms. The van der Waals surface area contributed by atoms with E-state index in [4.69, 9.17) is 0 Å². The SMILES string of the molecule is FC1(F)CCC(c2ccncc2)C1. The zero-order valence-electron chi connectivity index (χ0n) is 7.21. The largest absolute Gasteiger partial charge is 0.265 e. The molecule has 1 atom stereocenters. The molecule has 1 fully saturated rings.